The van der Waals surface area contributed by atoms with Crippen LogP contribution in [0.5, 0.6) is 0 Å². The molecule has 0 radical (unpaired) electrons. The van der Waals surface area contributed by atoms with Crippen LogP contribution in [-0.2, 0) is 18.4 Å². The number of aliphatic hydroxyl groups is 1. The Hall–Kier alpha value is -1.28. The summed E-state index contributed by atoms with van der Waals surface area (Å²) in [4.78, 5) is 25.3. The van der Waals surface area contributed by atoms with Crippen molar-refractivity contribution in [2.45, 2.75) is 206 Å². The fraction of sp³-hybridized carbons (Fsp3) is 0.844. The van der Waals surface area contributed by atoms with Crippen LogP contribution in [0.4, 0.5) is 0 Å². The number of likely N-dealkylation sites (N-methyl/N-ethyl adjacent to an activating group) is 1. The molecule has 0 fully saturated rings. The van der Waals surface area contributed by atoms with Gasteiger partial charge in [0.25, 0.3) is 7.82 Å². The summed E-state index contributed by atoms with van der Waals surface area (Å²) in [6.07, 6.45) is 44.8. The van der Waals surface area contributed by atoms with Gasteiger partial charge in [0.15, 0.2) is 0 Å². The number of carbonyl (C=O) groups is 1. The van der Waals surface area contributed by atoms with Crippen LogP contribution >= 0.6 is 7.82 Å². The summed E-state index contributed by atoms with van der Waals surface area (Å²) >= 11 is 0. The number of phosphoric ester groups is 1. The van der Waals surface area contributed by atoms with Gasteiger partial charge in [-0.05, 0) is 57.8 Å². The van der Waals surface area contributed by atoms with E-state index in [0.29, 0.717) is 17.4 Å². The summed E-state index contributed by atoms with van der Waals surface area (Å²) in [5.74, 6) is -0.211. The lowest BCUT2D eigenvalue weighted by Crippen LogP contribution is -2.45. The molecule has 8 nitrogen and oxygen atoms in total. The van der Waals surface area contributed by atoms with Crippen molar-refractivity contribution in [2.24, 2.45) is 0 Å². The van der Waals surface area contributed by atoms with E-state index in [1.165, 1.54) is 135 Å². The Bertz CT molecular complexity index is 980. The molecular weight excluding hydrogens is 695 g/mol. The Morgan fingerprint density at radius 3 is 1.50 bits per heavy atom. The zero-order valence-electron chi connectivity index (χ0n) is 35.9. The molecule has 0 saturated carbocycles. The average Bonchev–Trinajstić information content (AvgIpc) is 3.12. The van der Waals surface area contributed by atoms with Crippen LogP contribution in [0.1, 0.15) is 194 Å². The van der Waals surface area contributed by atoms with E-state index in [-0.39, 0.29) is 12.5 Å². The normalized spacial score (nSPS) is 14.7. The molecule has 318 valence electrons. The van der Waals surface area contributed by atoms with Gasteiger partial charge in [0.1, 0.15) is 13.2 Å². The number of rotatable bonds is 40. The van der Waals surface area contributed by atoms with Gasteiger partial charge < -0.3 is 28.8 Å². The lowest BCUT2D eigenvalue weighted by atomic mass is 10.0. The molecule has 54 heavy (non-hydrogen) atoms. The number of nitrogens with zero attached hydrogens (tertiary/aromatic N) is 1. The summed E-state index contributed by atoms with van der Waals surface area (Å²) in [5, 5.41) is 13.7. The van der Waals surface area contributed by atoms with E-state index < -0.39 is 26.6 Å². The van der Waals surface area contributed by atoms with Crippen LogP contribution in [0, 0.1) is 0 Å². The number of hydrogen-bond acceptors (Lipinski definition) is 6. The monoisotopic (exact) mass is 783 g/mol. The third-order valence-corrected chi connectivity index (χ3v) is 10.8. The molecule has 2 N–H and O–H groups in total. The predicted octanol–water partition coefficient (Wildman–Crippen LogP) is 11.7. The first-order valence-electron chi connectivity index (χ1n) is 22.4. The number of amides is 1. The van der Waals surface area contributed by atoms with Crippen LogP contribution in [0.15, 0.2) is 36.5 Å². The van der Waals surface area contributed by atoms with Crippen LogP contribution in [0.2, 0.25) is 0 Å². The smallest absolute Gasteiger partial charge is 0.268 e. The zero-order valence-corrected chi connectivity index (χ0v) is 36.8. The van der Waals surface area contributed by atoms with E-state index >= 15 is 0 Å². The number of phosphoric acid groups is 1. The Balaban J connectivity index is 4.41. The maximum atomic E-state index is 12.8. The summed E-state index contributed by atoms with van der Waals surface area (Å²) in [5.41, 5.74) is 0. The molecule has 0 aromatic rings. The van der Waals surface area contributed by atoms with Gasteiger partial charge in [0, 0.05) is 6.42 Å². The van der Waals surface area contributed by atoms with E-state index in [0.717, 1.165) is 38.5 Å². The van der Waals surface area contributed by atoms with Gasteiger partial charge in [-0.3, -0.25) is 9.36 Å². The Morgan fingerprint density at radius 1 is 0.630 bits per heavy atom. The summed E-state index contributed by atoms with van der Waals surface area (Å²) in [6.45, 7) is 4.60. The highest BCUT2D eigenvalue weighted by Gasteiger charge is 2.23. The van der Waals surface area contributed by atoms with Crippen LogP contribution < -0.4 is 10.2 Å². The minimum atomic E-state index is -4.59. The summed E-state index contributed by atoms with van der Waals surface area (Å²) < 4.78 is 23.2. The van der Waals surface area contributed by atoms with Gasteiger partial charge in [-0.2, -0.15) is 0 Å². The van der Waals surface area contributed by atoms with Crippen molar-refractivity contribution in [1.29, 1.82) is 0 Å². The molecule has 3 unspecified atom stereocenters. The van der Waals surface area contributed by atoms with E-state index in [4.69, 9.17) is 9.05 Å². The molecule has 9 heteroatoms. The Morgan fingerprint density at radius 2 is 1.04 bits per heavy atom. The van der Waals surface area contributed by atoms with Gasteiger partial charge in [0.2, 0.25) is 5.91 Å². The largest absolute Gasteiger partial charge is 0.756 e. The van der Waals surface area contributed by atoms with Gasteiger partial charge in [-0.15, -0.1) is 0 Å². The number of allylic oxidation sites excluding steroid dienone is 5. The molecule has 0 heterocycles. The highest BCUT2D eigenvalue weighted by atomic mass is 31.2. The topological polar surface area (TPSA) is 108 Å². The maximum absolute atomic E-state index is 12.8. The zero-order chi connectivity index (χ0) is 40.0. The quantitative estimate of drug-likeness (QED) is 0.0277. The van der Waals surface area contributed by atoms with Crippen LogP contribution in [0.3, 0.4) is 0 Å². The third-order valence-electron chi connectivity index (χ3n) is 9.82. The lowest BCUT2D eigenvalue weighted by Gasteiger charge is -2.29. The Kier molecular flexibility index (Phi) is 36.4. The second-order valence-corrected chi connectivity index (χ2v) is 17.8. The van der Waals surface area contributed by atoms with Crippen molar-refractivity contribution in [3.8, 4) is 0 Å². The van der Waals surface area contributed by atoms with Gasteiger partial charge in [0.05, 0.1) is 39.9 Å². The number of quaternary nitrogens is 1. The first-order valence-corrected chi connectivity index (χ1v) is 23.8. The second-order valence-electron chi connectivity index (χ2n) is 16.4. The van der Waals surface area contributed by atoms with Crippen molar-refractivity contribution >= 4 is 13.7 Å². The third kappa shape index (κ3) is 39.0. The van der Waals surface area contributed by atoms with Gasteiger partial charge in [-0.25, -0.2) is 0 Å². The standard InChI is InChI=1S/C45H87N2O6P/c1-6-8-10-12-14-16-18-20-21-22-23-24-25-27-29-31-33-35-37-39-45(49)46-43(42-53-54(50,51)52-41-40-47(3,4)5)44(48)38-36-34-32-30-28-26-19-17-15-13-11-9-7-2/h20-21,28,30,36,38,43-44,48H,6-19,22-27,29,31-35,37,39-42H2,1-5H3,(H-,46,49,50,51)/b21-20-,30-28+,38-36+. The average molecular weight is 783 g/mol. The highest BCUT2D eigenvalue weighted by Crippen LogP contribution is 2.38. The second kappa shape index (κ2) is 37.3. The van der Waals surface area contributed by atoms with Gasteiger partial charge in [-0.1, -0.05) is 166 Å². The van der Waals surface area contributed by atoms with Crippen molar-refractivity contribution in [2.75, 3.05) is 40.9 Å². The number of nitrogens with one attached hydrogen (secondary N) is 1. The molecule has 3 atom stereocenters. The van der Waals surface area contributed by atoms with Crippen molar-refractivity contribution in [3.05, 3.63) is 36.5 Å². The van der Waals surface area contributed by atoms with Crippen molar-refractivity contribution in [3.63, 3.8) is 0 Å². The first-order chi connectivity index (χ1) is 26.0. The van der Waals surface area contributed by atoms with Crippen LogP contribution in [-0.4, -0.2) is 68.5 Å². The fourth-order valence-electron chi connectivity index (χ4n) is 6.22. The van der Waals surface area contributed by atoms with E-state index in [1.807, 2.05) is 27.2 Å². The molecular formula is C45H87N2O6P. The number of unbranched alkanes of at least 4 members (excludes halogenated alkanes) is 23. The molecule has 0 aliphatic carbocycles. The van der Waals surface area contributed by atoms with Crippen molar-refractivity contribution < 1.29 is 32.9 Å². The molecule has 0 bridgehead atoms. The molecule has 1 amide bonds. The first kappa shape index (κ1) is 52.7. The molecule has 0 rings (SSSR count). The number of aliphatic hydroxyl groups excluding tert-OH is 1. The maximum Gasteiger partial charge on any atom is 0.268 e. The fourth-order valence-corrected chi connectivity index (χ4v) is 6.94. The minimum Gasteiger partial charge on any atom is -0.756 e. The highest BCUT2D eigenvalue weighted by molar-refractivity contribution is 7.45. The van der Waals surface area contributed by atoms with E-state index in [9.17, 15) is 19.4 Å². The van der Waals surface area contributed by atoms with Gasteiger partial charge >= 0.3 is 0 Å². The van der Waals surface area contributed by atoms with Crippen molar-refractivity contribution in [1.82, 2.24) is 5.32 Å². The predicted molar refractivity (Wildman–Crippen MR) is 228 cm³/mol. The molecule has 0 aliphatic heterocycles. The molecule has 0 spiro atoms. The minimum absolute atomic E-state index is 0.00671. The number of carbonyl (C=O) groups excluding carboxylic acids is 1. The summed E-state index contributed by atoms with van der Waals surface area (Å²) in [6, 6.07) is -0.901. The number of hydrogen-bond donors (Lipinski definition) is 2. The van der Waals surface area contributed by atoms with E-state index in [2.05, 4.69) is 43.5 Å². The molecule has 0 saturated heterocycles. The van der Waals surface area contributed by atoms with Crippen LogP contribution in [0.25, 0.3) is 0 Å². The molecule has 0 aliphatic rings. The Labute approximate surface area is 334 Å². The molecule has 0 aromatic carbocycles. The summed E-state index contributed by atoms with van der Waals surface area (Å²) in [7, 11) is 1.24. The van der Waals surface area contributed by atoms with E-state index in [1.54, 1.807) is 6.08 Å². The SMILES string of the molecule is CCCCCCCC/C=C\CCCCCCCCCCCC(=O)NC(COP(=O)([O-])OCC[N+](C)(C)C)C(O)/C=C/CC/C=C/CCCCCCCCC. The lowest BCUT2D eigenvalue weighted by molar-refractivity contribution is -0.870. The molecule has 0 aromatic heterocycles.